The van der Waals surface area contributed by atoms with Crippen LogP contribution in [0.1, 0.15) is 30.0 Å². The van der Waals surface area contributed by atoms with Crippen molar-refractivity contribution in [1.29, 1.82) is 0 Å². The summed E-state index contributed by atoms with van der Waals surface area (Å²) in [5, 5.41) is 6.83. The Morgan fingerprint density at radius 1 is 1.38 bits per heavy atom. The van der Waals surface area contributed by atoms with Crippen LogP contribution in [0.25, 0.3) is 11.0 Å². The molecule has 1 unspecified atom stereocenters. The molecule has 0 saturated carbocycles. The molecule has 1 atom stereocenters. The standard InChI is InChI=1S/C16H15ClFNOS/c1-2-7-19-14(16-11(17)6-8-21-16)13-9-10-4-3-5-12(18)15(10)20-13/h3-6,8-9,14,19H,2,7H2,1H3. The van der Waals surface area contributed by atoms with Crippen LogP contribution in [0, 0.1) is 5.82 Å². The number of furan rings is 1. The van der Waals surface area contributed by atoms with Crippen LogP contribution < -0.4 is 5.32 Å². The number of thiophene rings is 1. The summed E-state index contributed by atoms with van der Waals surface area (Å²) in [6.07, 6.45) is 0.994. The predicted octanol–water partition coefficient (Wildman–Crippen LogP) is 5.38. The number of hydrogen-bond donors (Lipinski definition) is 1. The zero-order valence-electron chi connectivity index (χ0n) is 11.5. The summed E-state index contributed by atoms with van der Waals surface area (Å²) in [5.41, 5.74) is 0.295. The van der Waals surface area contributed by atoms with Crippen LogP contribution in [-0.4, -0.2) is 6.54 Å². The number of nitrogens with one attached hydrogen (secondary N) is 1. The number of halogens is 2. The average molecular weight is 324 g/mol. The zero-order valence-corrected chi connectivity index (χ0v) is 13.1. The Bertz CT molecular complexity index is 752. The van der Waals surface area contributed by atoms with Gasteiger partial charge in [0.1, 0.15) is 11.8 Å². The van der Waals surface area contributed by atoms with Gasteiger partial charge in [0.25, 0.3) is 0 Å². The van der Waals surface area contributed by atoms with E-state index in [1.54, 1.807) is 17.4 Å². The summed E-state index contributed by atoms with van der Waals surface area (Å²) in [5.74, 6) is 0.346. The molecule has 2 nitrogen and oxygen atoms in total. The van der Waals surface area contributed by atoms with Crippen molar-refractivity contribution in [1.82, 2.24) is 5.32 Å². The zero-order chi connectivity index (χ0) is 14.8. The van der Waals surface area contributed by atoms with Gasteiger partial charge in [0.15, 0.2) is 11.4 Å². The van der Waals surface area contributed by atoms with Crippen molar-refractivity contribution in [3.8, 4) is 0 Å². The lowest BCUT2D eigenvalue weighted by molar-refractivity contribution is 0.462. The number of para-hydroxylation sites is 1. The maximum Gasteiger partial charge on any atom is 0.169 e. The van der Waals surface area contributed by atoms with Crippen LogP contribution in [0.2, 0.25) is 5.02 Å². The molecular formula is C16H15ClFNOS. The van der Waals surface area contributed by atoms with E-state index in [9.17, 15) is 4.39 Å². The van der Waals surface area contributed by atoms with Crippen LogP contribution in [0.5, 0.6) is 0 Å². The molecule has 0 radical (unpaired) electrons. The van der Waals surface area contributed by atoms with Gasteiger partial charge in [-0.25, -0.2) is 4.39 Å². The minimum Gasteiger partial charge on any atom is -0.456 e. The highest BCUT2D eigenvalue weighted by atomic mass is 35.5. The molecule has 3 aromatic rings. The van der Waals surface area contributed by atoms with Crippen molar-refractivity contribution in [3.05, 3.63) is 57.2 Å². The Balaban J connectivity index is 2.05. The van der Waals surface area contributed by atoms with E-state index in [2.05, 4.69) is 12.2 Å². The molecule has 0 amide bonds. The fourth-order valence-electron chi connectivity index (χ4n) is 2.31. The molecule has 5 heteroatoms. The molecule has 0 bridgehead atoms. The van der Waals surface area contributed by atoms with Gasteiger partial charge in [0.2, 0.25) is 0 Å². The molecule has 2 heterocycles. The van der Waals surface area contributed by atoms with Crippen molar-refractivity contribution < 1.29 is 8.81 Å². The maximum atomic E-state index is 13.8. The summed E-state index contributed by atoms with van der Waals surface area (Å²) in [6.45, 7) is 2.93. The van der Waals surface area contributed by atoms with Gasteiger partial charge >= 0.3 is 0 Å². The van der Waals surface area contributed by atoms with E-state index in [4.69, 9.17) is 16.0 Å². The third-order valence-corrected chi connectivity index (χ3v) is 4.73. The summed E-state index contributed by atoms with van der Waals surface area (Å²) >= 11 is 7.82. The summed E-state index contributed by atoms with van der Waals surface area (Å²) in [6, 6.07) is 8.53. The van der Waals surface area contributed by atoms with E-state index < -0.39 is 0 Å². The number of fused-ring (bicyclic) bond motifs is 1. The third kappa shape index (κ3) is 2.84. The van der Waals surface area contributed by atoms with Gasteiger partial charge < -0.3 is 9.73 Å². The Hall–Kier alpha value is -1.36. The Morgan fingerprint density at radius 3 is 2.90 bits per heavy atom. The largest absolute Gasteiger partial charge is 0.456 e. The van der Waals surface area contributed by atoms with Gasteiger partial charge in [-0.05, 0) is 36.5 Å². The molecule has 0 aliphatic carbocycles. The van der Waals surface area contributed by atoms with Crippen molar-refractivity contribution in [2.75, 3.05) is 6.54 Å². The number of benzene rings is 1. The molecule has 2 aromatic heterocycles. The lowest BCUT2D eigenvalue weighted by Crippen LogP contribution is -2.22. The van der Waals surface area contributed by atoms with Crippen molar-refractivity contribution in [3.63, 3.8) is 0 Å². The Labute approximate surface area is 131 Å². The van der Waals surface area contributed by atoms with Crippen LogP contribution in [0.15, 0.2) is 40.1 Å². The molecule has 0 saturated heterocycles. The first-order chi connectivity index (χ1) is 10.2. The Morgan fingerprint density at radius 2 is 2.24 bits per heavy atom. The fraction of sp³-hybridized carbons (Fsp3) is 0.250. The van der Waals surface area contributed by atoms with Crippen LogP contribution >= 0.6 is 22.9 Å². The molecule has 1 aromatic carbocycles. The maximum absolute atomic E-state index is 13.8. The molecule has 21 heavy (non-hydrogen) atoms. The highest BCUT2D eigenvalue weighted by Gasteiger charge is 2.22. The first-order valence-corrected chi connectivity index (χ1v) is 8.10. The molecule has 3 rings (SSSR count). The van der Waals surface area contributed by atoms with E-state index >= 15 is 0 Å². The SMILES string of the molecule is CCCNC(c1cc2cccc(F)c2o1)c1sccc1Cl. The van der Waals surface area contributed by atoms with Crippen LogP contribution in [-0.2, 0) is 0 Å². The predicted molar refractivity (Wildman–Crippen MR) is 85.6 cm³/mol. The van der Waals surface area contributed by atoms with Gasteiger partial charge in [-0.15, -0.1) is 11.3 Å². The quantitative estimate of drug-likeness (QED) is 0.682. The molecule has 1 N–H and O–H groups in total. The molecule has 110 valence electrons. The molecule has 0 fully saturated rings. The lowest BCUT2D eigenvalue weighted by Gasteiger charge is -2.15. The van der Waals surface area contributed by atoms with Gasteiger partial charge in [-0.1, -0.05) is 30.7 Å². The number of hydrogen-bond acceptors (Lipinski definition) is 3. The van der Waals surface area contributed by atoms with Crippen LogP contribution in [0.4, 0.5) is 4.39 Å². The van der Waals surface area contributed by atoms with Crippen LogP contribution in [0.3, 0.4) is 0 Å². The molecule has 0 spiro atoms. The van der Waals surface area contributed by atoms with E-state index in [1.165, 1.54) is 6.07 Å². The van der Waals surface area contributed by atoms with Gasteiger partial charge in [0.05, 0.1) is 5.02 Å². The second-order valence-corrected chi connectivity index (χ2v) is 6.18. The Kier molecular flexibility index (Phi) is 4.29. The third-order valence-electron chi connectivity index (χ3n) is 3.31. The topological polar surface area (TPSA) is 25.2 Å². The van der Waals surface area contributed by atoms with Crippen molar-refractivity contribution in [2.45, 2.75) is 19.4 Å². The molecule has 0 aliphatic heterocycles. The second-order valence-electron chi connectivity index (χ2n) is 4.83. The fourth-order valence-corrected chi connectivity index (χ4v) is 3.56. The van der Waals surface area contributed by atoms with E-state index in [-0.39, 0.29) is 11.9 Å². The smallest absolute Gasteiger partial charge is 0.169 e. The lowest BCUT2D eigenvalue weighted by atomic mass is 10.1. The van der Waals surface area contributed by atoms with E-state index in [0.29, 0.717) is 16.4 Å². The second kappa shape index (κ2) is 6.18. The van der Waals surface area contributed by atoms with E-state index in [0.717, 1.165) is 23.2 Å². The van der Waals surface area contributed by atoms with E-state index in [1.807, 2.05) is 23.6 Å². The summed E-state index contributed by atoms with van der Waals surface area (Å²) < 4.78 is 19.5. The summed E-state index contributed by atoms with van der Waals surface area (Å²) in [7, 11) is 0. The normalized spacial score (nSPS) is 12.9. The molecule has 0 aliphatic rings. The van der Waals surface area contributed by atoms with Gasteiger partial charge in [0, 0.05) is 10.3 Å². The number of rotatable bonds is 5. The minimum absolute atomic E-state index is 0.149. The highest BCUT2D eigenvalue weighted by molar-refractivity contribution is 7.10. The first kappa shape index (κ1) is 14.6. The monoisotopic (exact) mass is 323 g/mol. The minimum atomic E-state index is -0.342. The highest BCUT2D eigenvalue weighted by Crippen LogP contribution is 2.35. The van der Waals surface area contributed by atoms with Gasteiger partial charge in [-0.2, -0.15) is 0 Å². The van der Waals surface area contributed by atoms with Crippen molar-refractivity contribution in [2.24, 2.45) is 0 Å². The average Bonchev–Trinajstić information content (AvgIpc) is 3.07. The summed E-state index contributed by atoms with van der Waals surface area (Å²) in [4.78, 5) is 0.990. The van der Waals surface area contributed by atoms with Gasteiger partial charge in [-0.3, -0.25) is 0 Å². The van der Waals surface area contributed by atoms with Crippen molar-refractivity contribution >= 4 is 33.9 Å². The molecular weight excluding hydrogens is 309 g/mol. The first-order valence-electron chi connectivity index (χ1n) is 6.85.